The third-order valence-electron chi connectivity index (χ3n) is 3.77. The Kier molecular flexibility index (Phi) is 6.73. The number of hydrogen-bond acceptors (Lipinski definition) is 5. The maximum Gasteiger partial charge on any atom is 0.338 e. The van der Waals surface area contributed by atoms with Crippen molar-refractivity contribution in [2.75, 3.05) is 17.2 Å². The number of amides is 1. The number of carbonyl (C=O) groups is 2. The molecule has 0 radical (unpaired) electrons. The molecule has 27 heavy (non-hydrogen) atoms. The van der Waals surface area contributed by atoms with E-state index in [4.69, 9.17) is 4.74 Å². The maximum atomic E-state index is 12.3. The summed E-state index contributed by atoms with van der Waals surface area (Å²) in [7, 11) is 0. The molecular weight excluding hydrogens is 342 g/mol. The van der Waals surface area contributed by atoms with Gasteiger partial charge in [-0.3, -0.25) is 4.79 Å². The van der Waals surface area contributed by atoms with Crippen LogP contribution in [0.1, 0.15) is 28.4 Å². The van der Waals surface area contributed by atoms with Gasteiger partial charge in [0, 0.05) is 17.6 Å². The van der Waals surface area contributed by atoms with Gasteiger partial charge in [0.1, 0.15) is 11.6 Å². The molecule has 0 aliphatic carbocycles. The SMILES string of the molecule is CCOC(=O)c1ccc(N/C=C(/C#N)C(=O)Nc2ccc(C)cc2C)cc1. The molecule has 0 aliphatic rings. The Morgan fingerprint density at radius 1 is 1.15 bits per heavy atom. The minimum Gasteiger partial charge on any atom is -0.462 e. The average molecular weight is 363 g/mol. The number of esters is 1. The number of carbonyl (C=O) groups excluding carboxylic acids is 2. The first kappa shape index (κ1) is 19.7. The number of nitriles is 1. The van der Waals surface area contributed by atoms with Crippen molar-refractivity contribution >= 4 is 23.3 Å². The number of aryl methyl sites for hydroxylation is 2. The van der Waals surface area contributed by atoms with Crippen molar-refractivity contribution in [3.8, 4) is 6.07 Å². The summed E-state index contributed by atoms with van der Waals surface area (Å²) in [4.78, 5) is 23.9. The van der Waals surface area contributed by atoms with E-state index in [1.807, 2.05) is 32.0 Å². The van der Waals surface area contributed by atoms with Crippen LogP contribution in [0.4, 0.5) is 11.4 Å². The highest BCUT2D eigenvalue weighted by Gasteiger charge is 2.11. The van der Waals surface area contributed by atoms with Crippen molar-refractivity contribution in [3.05, 3.63) is 70.9 Å². The number of nitrogens with zero attached hydrogens (tertiary/aromatic N) is 1. The van der Waals surface area contributed by atoms with E-state index in [-0.39, 0.29) is 5.57 Å². The van der Waals surface area contributed by atoms with Crippen molar-refractivity contribution in [1.82, 2.24) is 0 Å². The number of benzene rings is 2. The standard InChI is InChI=1S/C21H21N3O3/c1-4-27-21(26)16-6-8-18(9-7-16)23-13-17(12-22)20(25)24-19-10-5-14(2)11-15(19)3/h5-11,13,23H,4H2,1-3H3,(H,24,25)/b17-13-. The molecule has 6 heteroatoms. The van der Waals surface area contributed by atoms with Crippen molar-refractivity contribution in [2.24, 2.45) is 0 Å². The maximum absolute atomic E-state index is 12.3. The topological polar surface area (TPSA) is 91.2 Å². The lowest BCUT2D eigenvalue weighted by Crippen LogP contribution is -2.15. The van der Waals surface area contributed by atoms with E-state index in [0.29, 0.717) is 23.5 Å². The van der Waals surface area contributed by atoms with Gasteiger partial charge in [-0.15, -0.1) is 0 Å². The third-order valence-corrected chi connectivity index (χ3v) is 3.77. The lowest BCUT2D eigenvalue weighted by atomic mass is 10.1. The van der Waals surface area contributed by atoms with Gasteiger partial charge in [0.15, 0.2) is 0 Å². The Labute approximate surface area is 158 Å². The van der Waals surface area contributed by atoms with Crippen LogP contribution in [0.2, 0.25) is 0 Å². The van der Waals surface area contributed by atoms with Crippen LogP contribution in [0.3, 0.4) is 0 Å². The zero-order valence-electron chi connectivity index (χ0n) is 15.5. The Morgan fingerprint density at radius 2 is 1.85 bits per heavy atom. The molecule has 0 atom stereocenters. The van der Waals surface area contributed by atoms with Gasteiger partial charge in [-0.25, -0.2) is 4.79 Å². The van der Waals surface area contributed by atoms with Crippen molar-refractivity contribution < 1.29 is 14.3 Å². The second-order valence-electron chi connectivity index (χ2n) is 5.88. The lowest BCUT2D eigenvalue weighted by molar-refractivity contribution is -0.112. The summed E-state index contributed by atoms with van der Waals surface area (Å²) in [6.07, 6.45) is 1.33. The van der Waals surface area contributed by atoms with Crippen LogP contribution >= 0.6 is 0 Å². The molecule has 0 aromatic heterocycles. The quantitative estimate of drug-likeness (QED) is 0.461. The Bertz CT molecular complexity index is 909. The summed E-state index contributed by atoms with van der Waals surface area (Å²) in [6, 6.07) is 14.1. The van der Waals surface area contributed by atoms with Gasteiger partial charge in [0.05, 0.1) is 12.2 Å². The predicted molar refractivity (Wildman–Crippen MR) is 104 cm³/mol. The molecule has 2 aromatic carbocycles. The van der Waals surface area contributed by atoms with Gasteiger partial charge < -0.3 is 15.4 Å². The van der Waals surface area contributed by atoms with Crippen LogP contribution in [-0.2, 0) is 9.53 Å². The lowest BCUT2D eigenvalue weighted by Gasteiger charge is -2.09. The van der Waals surface area contributed by atoms with Crippen LogP contribution in [0.5, 0.6) is 0 Å². The Morgan fingerprint density at radius 3 is 2.44 bits per heavy atom. The molecular formula is C21H21N3O3. The fraction of sp³-hybridized carbons (Fsp3) is 0.190. The highest BCUT2D eigenvalue weighted by Crippen LogP contribution is 2.17. The molecule has 0 bridgehead atoms. The number of nitrogens with one attached hydrogen (secondary N) is 2. The summed E-state index contributed by atoms with van der Waals surface area (Å²) < 4.78 is 4.92. The van der Waals surface area contributed by atoms with Crippen molar-refractivity contribution in [2.45, 2.75) is 20.8 Å². The predicted octanol–water partition coefficient (Wildman–Crippen LogP) is 3.94. The molecule has 2 aromatic rings. The van der Waals surface area contributed by atoms with Crippen LogP contribution in [-0.4, -0.2) is 18.5 Å². The van der Waals surface area contributed by atoms with Crippen LogP contribution in [0.25, 0.3) is 0 Å². The van der Waals surface area contributed by atoms with Gasteiger partial charge in [-0.1, -0.05) is 17.7 Å². The fourth-order valence-electron chi connectivity index (χ4n) is 2.36. The van der Waals surface area contributed by atoms with E-state index >= 15 is 0 Å². The second-order valence-corrected chi connectivity index (χ2v) is 5.88. The Hall–Kier alpha value is -3.59. The molecule has 0 heterocycles. The average Bonchev–Trinajstić information content (AvgIpc) is 2.65. The molecule has 0 saturated heterocycles. The first-order valence-electron chi connectivity index (χ1n) is 8.47. The van der Waals surface area contributed by atoms with E-state index in [1.54, 1.807) is 37.3 Å². The summed E-state index contributed by atoms with van der Waals surface area (Å²) >= 11 is 0. The molecule has 0 aliphatic heterocycles. The highest BCUT2D eigenvalue weighted by atomic mass is 16.5. The third kappa shape index (κ3) is 5.44. The molecule has 0 spiro atoms. The van der Waals surface area contributed by atoms with E-state index in [2.05, 4.69) is 10.6 Å². The van der Waals surface area contributed by atoms with E-state index in [1.165, 1.54) is 6.20 Å². The Balaban J connectivity index is 2.06. The minimum absolute atomic E-state index is 0.0653. The summed E-state index contributed by atoms with van der Waals surface area (Å²) in [5.41, 5.74) is 3.67. The number of hydrogen-bond donors (Lipinski definition) is 2. The van der Waals surface area contributed by atoms with Crippen LogP contribution in [0.15, 0.2) is 54.2 Å². The first-order valence-corrected chi connectivity index (χ1v) is 8.47. The van der Waals surface area contributed by atoms with E-state index in [9.17, 15) is 14.9 Å². The molecule has 1 amide bonds. The number of anilines is 2. The smallest absolute Gasteiger partial charge is 0.338 e. The molecule has 138 valence electrons. The largest absolute Gasteiger partial charge is 0.462 e. The zero-order chi connectivity index (χ0) is 19.8. The highest BCUT2D eigenvalue weighted by molar-refractivity contribution is 6.07. The normalized spacial score (nSPS) is 10.7. The molecule has 2 rings (SSSR count). The first-order chi connectivity index (χ1) is 12.9. The summed E-state index contributed by atoms with van der Waals surface area (Å²) in [5.74, 6) is -0.898. The second kappa shape index (κ2) is 9.20. The van der Waals surface area contributed by atoms with Crippen LogP contribution in [0, 0.1) is 25.2 Å². The molecule has 0 saturated carbocycles. The van der Waals surface area contributed by atoms with Gasteiger partial charge in [0.25, 0.3) is 5.91 Å². The van der Waals surface area contributed by atoms with Crippen LogP contribution < -0.4 is 10.6 Å². The molecule has 0 fully saturated rings. The number of ether oxygens (including phenoxy) is 1. The van der Waals surface area contributed by atoms with Gasteiger partial charge in [-0.2, -0.15) is 5.26 Å². The number of rotatable bonds is 6. The van der Waals surface area contributed by atoms with Gasteiger partial charge in [-0.05, 0) is 56.7 Å². The minimum atomic E-state index is -0.500. The van der Waals surface area contributed by atoms with Crippen molar-refractivity contribution in [3.63, 3.8) is 0 Å². The molecule has 6 nitrogen and oxygen atoms in total. The van der Waals surface area contributed by atoms with Gasteiger partial charge in [0.2, 0.25) is 0 Å². The van der Waals surface area contributed by atoms with Crippen molar-refractivity contribution in [1.29, 1.82) is 5.26 Å². The van der Waals surface area contributed by atoms with Gasteiger partial charge >= 0.3 is 5.97 Å². The zero-order valence-corrected chi connectivity index (χ0v) is 15.5. The monoisotopic (exact) mass is 363 g/mol. The fourth-order valence-corrected chi connectivity index (χ4v) is 2.36. The van der Waals surface area contributed by atoms with E-state index in [0.717, 1.165) is 11.1 Å². The molecule has 2 N–H and O–H groups in total. The van der Waals surface area contributed by atoms with E-state index < -0.39 is 11.9 Å². The summed E-state index contributed by atoms with van der Waals surface area (Å²) in [5, 5.41) is 14.9. The molecule has 0 unspecified atom stereocenters. The summed E-state index contributed by atoms with van der Waals surface area (Å²) in [6.45, 7) is 5.91.